The van der Waals surface area contributed by atoms with Gasteiger partial charge in [-0.3, -0.25) is 4.79 Å². The van der Waals surface area contributed by atoms with Crippen molar-refractivity contribution in [3.05, 3.63) is 24.3 Å². The van der Waals surface area contributed by atoms with E-state index in [2.05, 4.69) is 0 Å². The summed E-state index contributed by atoms with van der Waals surface area (Å²) >= 11 is 0. The number of hydrogen-bond acceptors (Lipinski definition) is 3. The molecule has 0 unspecified atom stereocenters. The van der Waals surface area contributed by atoms with Crippen molar-refractivity contribution in [3.63, 3.8) is 0 Å². The summed E-state index contributed by atoms with van der Waals surface area (Å²) < 4.78 is 5.50. The van der Waals surface area contributed by atoms with Gasteiger partial charge < -0.3 is 15.4 Å². The van der Waals surface area contributed by atoms with Gasteiger partial charge in [0.1, 0.15) is 5.75 Å². The number of carbonyl (C=O) groups is 1. The second-order valence-electron chi connectivity index (χ2n) is 4.89. The van der Waals surface area contributed by atoms with Crippen molar-refractivity contribution in [1.82, 2.24) is 4.90 Å². The van der Waals surface area contributed by atoms with E-state index in [1.54, 1.807) is 12.1 Å². The van der Waals surface area contributed by atoms with E-state index in [1.807, 2.05) is 24.1 Å². The molecule has 18 heavy (non-hydrogen) atoms. The van der Waals surface area contributed by atoms with Crippen LogP contribution in [-0.2, 0) is 4.79 Å². The van der Waals surface area contributed by atoms with E-state index in [0.29, 0.717) is 18.7 Å². The van der Waals surface area contributed by atoms with E-state index in [1.165, 1.54) is 12.8 Å². The second-order valence-corrected chi connectivity index (χ2v) is 4.89. The van der Waals surface area contributed by atoms with Crippen LogP contribution in [-0.4, -0.2) is 31.0 Å². The van der Waals surface area contributed by atoms with Gasteiger partial charge in [-0.15, -0.1) is 0 Å². The Bertz CT molecular complexity index is 399. The highest BCUT2D eigenvalue weighted by atomic mass is 16.5. The molecule has 1 aliphatic rings. The summed E-state index contributed by atoms with van der Waals surface area (Å²) in [6.45, 7) is 1.30. The molecule has 2 rings (SSSR count). The SMILES string of the molecule is CN(CC1CC1)C(=O)CCOc1ccc(N)cc1. The lowest BCUT2D eigenvalue weighted by Crippen LogP contribution is -2.29. The smallest absolute Gasteiger partial charge is 0.225 e. The lowest BCUT2D eigenvalue weighted by molar-refractivity contribution is -0.130. The Hall–Kier alpha value is -1.71. The van der Waals surface area contributed by atoms with E-state index in [9.17, 15) is 4.79 Å². The Morgan fingerprint density at radius 1 is 1.39 bits per heavy atom. The fourth-order valence-electron chi connectivity index (χ4n) is 1.80. The molecule has 4 heteroatoms. The van der Waals surface area contributed by atoms with Crippen LogP contribution in [0.2, 0.25) is 0 Å². The minimum absolute atomic E-state index is 0.150. The van der Waals surface area contributed by atoms with Gasteiger partial charge in [-0.05, 0) is 43.0 Å². The summed E-state index contributed by atoms with van der Waals surface area (Å²) in [5, 5.41) is 0. The van der Waals surface area contributed by atoms with Crippen LogP contribution in [0.3, 0.4) is 0 Å². The van der Waals surface area contributed by atoms with Crippen LogP contribution < -0.4 is 10.5 Å². The molecule has 0 aliphatic heterocycles. The standard InChI is InChI=1S/C14H20N2O2/c1-16(10-11-2-3-11)14(17)8-9-18-13-6-4-12(15)5-7-13/h4-7,11H,2-3,8-10,15H2,1H3. The predicted molar refractivity (Wildman–Crippen MR) is 71.3 cm³/mol. The lowest BCUT2D eigenvalue weighted by Gasteiger charge is -2.16. The summed E-state index contributed by atoms with van der Waals surface area (Å²) in [6.07, 6.45) is 2.95. The maximum absolute atomic E-state index is 11.8. The Kier molecular flexibility index (Phi) is 4.07. The number of ether oxygens (including phenoxy) is 1. The van der Waals surface area contributed by atoms with E-state index >= 15 is 0 Å². The number of rotatable bonds is 6. The number of nitrogens with two attached hydrogens (primary N) is 1. The number of carbonyl (C=O) groups excluding carboxylic acids is 1. The van der Waals surface area contributed by atoms with Crippen molar-refractivity contribution >= 4 is 11.6 Å². The first-order valence-corrected chi connectivity index (χ1v) is 6.37. The lowest BCUT2D eigenvalue weighted by atomic mass is 10.3. The zero-order valence-corrected chi connectivity index (χ0v) is 10.8. The van der Waals surface area contributed by atoms with Crippen molar-refractivity contribution in [2.75, 3.05) is 25.9 Å². The highest BCUT2D eigenvalue weighted by Crippen LogP contribution is 2.29. The molecule has 0 heterocycles. The Balaban J connectivity index is 1.67. The molecule has 0 atom stereocenters. The van der Waals surface area contributed by atoms with Crippen molar-refractivity contribution in [3.8, 4) is 5.75 Å². The molecule has 4 nitrogen and oxygen atoms in total. The van der Waals surface area contributed by atoms with Gasteiger partial charge in [0.2, 0.25) is 5.91 Å². The Morgan fingerprint density at radius 3 is 2.67 bits per heavy atom. The van der Waals surface area contributed by atoms with Gasteiger partial charge >= 0.3 is 0 Å². The first-order valence-electron chi connectivity index (χ1n) is 6.37. The largest absolute Gasteiger partial charge is 0.493 e. The van der Waals surface area contributed by atoms with Gasteiger partial charge in [0, 0.05) is 19.3 Å². The summed E-state index contributed by atoms with van der Waals surface area (Å²) in [4.78, 5) is 13.6. The zero-order valence-electron chi connectivity index (χ0n) is 10.8. The molecule has 98 valence electrons. The Labute approximate surface area is 108 Å². The zero-order chi connectivity index (χ0) is 13.0. The number of anilines is 1. The van der Waals surface area contributed by atoms with Gasteiger partial charge in [-0.1, -0.05) is 0 Å². The van der Waals surface area contributed by atoms with Crippen LogP contribution in [0.1, 0.15) is 19.3 Å². The van der Waals surface area contributed by atoms with E-state index in [4.69, 9.17) is 10.5 Å². The molecule has 1 fully saturated rings. The van der Waals surface area contributed by atoms with Crippen LogP contribution in [0.15, 0.2) is 24.3 Å². The molecule has 2 N–H and O–H groups in total. The highest BCUT2D eigenvalue weighted by molar-refractivity contribution is 5.76. The number of nitrogens with zero attached hydrogens (tertiary/aromatic N) is 1. The highest BCUT2D eigenvalue weighted by Gasteiger charge is 2.24. The molecule has 1 aromatic carbocycles. The minimum atomic E-state index is 0.150. The average Bonchev–Trinajstić information content (AvgIpc) is 3.15. The van der Waals surface area contributed by atoms with Crippen molar-refractivity contribution < 1.29 is 9.53 Å². The maximum Gasteiger partial charge on any atom is 0.225 e. The van der Waals surface area contributed by atoms with Crippen molar-refractivity contribution in [2.45, 2.75) is 19.3 Å². The second kappa shape index (κ2) is 5.76. The number of hydrogen-bond donors (Lipinski definition) is 1. The number of amides is 1. The number of benzene rings is 1. The normalized spacial score (nSPS) is 14.3. The average molecular weight is 248 g/mol. The van der Waals surface area contributed by atoms with Crippen LogP contribution >= 0.6 is 0 Å². The van der Waals surface area contributed by atoms with Gasteiger partial charge in [-0.25, -0.2) is 0 Å². The Morgan fingerprint density at radius 2 is 2.06 bits per heavy atom. The molecule has 1 amide bonds. The summed E-state index contributed by atoms with van der Waals surface area (Å²) in [7, 11) is 1.86. The third-order valence-electron chi connectivity index (χ3n) is 3.12. The van der Waals surface area contributed by atoms with E-state index in [-0.39, 0.29) is 5.91 Å². The fraction of sp³-hybridized carbons (Fsp3) is 0.500. The van der Waals surface area contributed by atoms with Gasteiger partial charge in [0.05, 0.1) is 13.0 Å². The molecule has 1 aromatic rings. The number of nitrogen functional groups attached to an aromatic ring is 1. The van der Waals surface area contributed by atoms with Crippen LogP contribution in [0.4, 0.5) is 5.69 Å². The molecule has 0 aromatic heterocycles. The molecule has 0 saturated heterocycles. The summed E-state index contributed by atoms with van der Waals surface area (Å²) in [6, 6.07) is 7.20. The molecular formula is C14H20N2O2. The topological polar surface area (TPSA) is 55.6 Å². The molecule has 0 spiro atoms. The van der Waals surface area contributed by atoms with Crippen LogP contribution in [0.25, 0.3) is 0 Å². The molecule has 0 bridgehead atoms. The van der Waals surface area contributed by atoms with Gasteiger partial charge in [-0.2, -0.15) is 0 Å². The first-order chi connectivity index (χ1) is 8.65. The monoisotopic (exact) mass is 248 g/mol. The van der Waals surface area contributed by atoms with E-state index < -0.39 is 0 Å². The quantitative estimate of drug-likeness (QED) is 0.782. The maximum atomic E-state index is 11.8. The molecule has 1 saturated carbocycles. The van der Waals surface area contributed by atoms with Crippen molar-refractivity contribution in [1.29, 1.82) is 0 Å². The van der Waals surface area contributed by atoms with Crippen LogP contribution in [0.5, 0.6) is 5.75 Å². The summed E-state index contributed by atoms with van der Waals surface area (Å²) in [5.41, 5.74) is 6.29. The first kappa shape index (κ1) is 12.7. The fourth-order valence-corrected chi connectivity index (χ4v) is 1.80. The van der Waals surface area contributed by atoms with Gasteiger partial charge in [0.25, 0.3) is 0 Å². The van der Waals surface area contributed by atoms with Gasteiger partial charge in [0.15, 0.2) is 0 Å². The predicted octanol–water partition coefficient (Wildman–Crippen LogP) is 1.91. The third-order valence-corrected chi connectivity index (χ3v) is 3.12. The van der Waals surface area contributed by atoms with Crippen LogP contribution in [0, 0.1) is 5.92 Å². The van der Waals surface area contributed by atoms with E-state index in [0.717, 1.165) is 18.2 Å². The minimum Gasteiger partial charge on any atom is -0.493 e. The molecule has 1 aliphatic carbocycles. The summed E-state index contributed by atoms with van der Waals surface area (Å²) in [5.74, 6) is 1.64. The third kappa shape index (κ3) is 3.95. The molecular weight excluding hydrogens is 228 g/mol. The van der Waals surface area contributed by atoms with Crippen molar-refractivity contribution in [2.24, 2.45) is 5.92 Å². The molecule has 0 radical (unpaired) electrons.